The molecule has 0 fully saturated rings. The van der Waals surface area contributed by atoms with Crippen LogP contribution in [0, 0.1) is 0 Å². The number of thioether (sulfide) groups is 1. The van der Waals surface area contributed by atoms with E-state index in [4.69, 9.17) is 4.74 Å². The maximum Gasteiger partial charge on any atom is 0.261 e. The summed E-state index contributed by atoms with van der Waals surface area (Å²) in [6, 6.07) is 17.2. The largest absolute Gasteiger partial charge is 0.377 e. The molecular weight excluding hydrogens is 374 g/mol. The van der Waals surface area contributed by atoms with Crippen LogP contribution in [0.25, 0.3) is 10.9 Å². The van der Waals surface area contributed by atoms with Gasteiger partial charge < -0.3 is 10.1 Å². The fourth-order valence-corrected chi connectivity index (χ4v) is 3.48. The van der Waals surface area contributed by atoms with Crippen molar-refractivity contribution in [3.63, 3.8) is 0 Å². The molecule has 0 spiro atoms. The molecule has 0 aliphatic rings. The van der Waals surface area contributed by atoms with Crippen LogP contribution in [0.2, 0.25) is 0 Å². The van der Waals surface area contributed by atoms with Crippen LogP contribution in [0.15, 0.2) is 64.5 Å². The van der Waals surface area contributed by atoms with Gasteiger partial charge in [-0.1, -0.05) is 54.2 Å². The van der Waals surface area contributed by atoms with Gasteiger partial charge in [0.25, 0.3) is 5.56 Å². The van der Waals surface area contributed by atoms with Gasteiger partial charge in [-0.05, 0) is 24.1 Å². The standard InChI is InChI=1S/C21H23N3O3S/c1-24-20(26)17-10-5-6-11-18(17)23-21(24)28-15-19(25)22-12-7-13-27-14-16-8-3-2-4-9-16/h2-6,8-11H,7,12-15H2,1H3,(H,22,25). The summed E-state index contributed by atoms with van der Waals surface area (Å²) in [5, 5.41) is 3.98. The average molecular weight is 398 g/mol. The molecule has 1 N–H and O–H groups in total. The summed E-state index contributed by atoms with van der Waals surface area (Å²) in [4.78, 5) is 28.9. The normalized spacial score (nSPS) is 10.9. The Morgan fingerprint density at radius 3 is 2.71 bits per heavy atom. The molecule has 1 heterocycles. The Kier molecular flexibility index (Phi) is 7.22. The summed E-state index contributed by atoms with van der Waals surface area (Å²) >= 11 is 1.26. The van der Waals surface area contributed by atoms with E-state index in [-0.39, 0.29) is 17.2 Å². The Hall–Kier alpha value is -2.64. The summed E-state index contributed by atoms with van der Waals surface area (Å²) < 4.78 is 7.08. The van der Waals surface area contributed by atoms with Crippen molar-refractivity contribution in [3.05, 3.63) is 70.5 Å². The molecule has 3 aromatic rings. The number of benzene rings is 2. The lowest BCUT2D eigenvalue weighted by Crippen LogP contribution is -2.27. The minimum Gasteiger partial charge on any atom is -0.377 e. The first-order valence-electron chi connectivity index (χ1n) is 9.12. The number of carbonyl (C=O) groups is 1. The van der Waals surface area contributed by atoms with Crippen LogP contribution in [-0.2, 0) is 23.2 Å². The van der Waals surface area contributed by atoms with Gasteiger partial charge in [0.1, 0.15) is 0 Å². The van der Waals surface area contributed by atoms with Gasteiger partial charge in [0.05, 0.1) is 23.3 Å². The molecule has 0 radical (unpaired) electrons. The SMILES string of the molecule is Cn1c(SCC(=O)NCCCOCc2ccccc2)nc2ccccc2c1=O. The fourth-order valence-electron chi connectivity index (χ4n) is 2.67. The number of carbonyl (C=O) groups excluding carboxylic acids is 1. The molecule has 1 aromatic heterocycles. The van der Waals surface area contributed by atoms with E-state index in [1.165, 1.54) is 16.3 Å². The number of fused-ring (bicyclic) bond motifs is 1. The lowest BCUT2D eigenvalue weighted by Gasteiger charge is -2.09. The second kappa shape index (κ2) is 10.1. The van der Waals surface area contributed by atoms with E-state index < -0.39 is 0 Å². The quantitative estimate of drug-likeness (QED) is 0.341. The zero-order valence-corrected chi connectivity index (χ0v) is 16.6. The molecule has 1 amide bonds. The van der Waals surface area contributed by atoms with Gasteiger partial charge in [0.15, 0.2) is 5.16 Å². The minimum atomic E-state index is -0.107. The van der Waals surface area contributed by atoms with Crippen LogP contribution in [0.1, 0.15) is 12.0 Å². The predicted octanol–water partition coefficient (Wildman–Crippen LogP) is 2.75. The third-order valence-corrected chi connectivity index (χ3v) is 5.20. The van der Waals surface area contributed by atoms with E-state index in [0.29, 0.717) is 35.8 Å². The predicted molar refractivity (Wildman–Crippen MR) is 111 cm³/mol. The van der Waals surface area contributed by atoms with E-state index in [1.54, 1.807) is 19.2 Å². The van der Waals surface area contributed by atoms with E-state index in [1.807, 2.05) is 42.5 Å². The zero-order valence-electron chi connectivity index (χ0n) is 15.8. The van der Waals surface area contributed by atoms with Gasteiger partial charge in [0.2, 0.25) is 5.91 Å². The summed E-state index contributed by atoms with van der Waals surface area (Å²) in [5.41, 5.74) is 1.67. The first kappa shape index (κ1) is 20.1. The maximum absolute atomic E-state index is 12.4. The van der Waals surface area contributed by atoms with Crippen molar-refractivity contribution in [1.82, 2.24) is 14.9 Å². The molecule has 0 bridgehead atoms. The second-order valence-electron chi connectivity index (χ2n) is 6.31. The Balaban J connectivity index is 1.39. The van der Waals surface area contributed by atoms with Crippen LogP contribution in [0.3, 0.4) is 0 Å². The van der Waals surface area contributed by atoms with Gasteiger partial charge >= 0.3 is 0 Å². The number of rotatable bonds is 9. The molecule has 0 atom stereocenters. The van der Waals surface area contributed by atoms with Crippen LogP contribution in [-0.4, -0.2) is 34.4 Å². The highest BCUT2D eigenvalue weighted by Gasteiger charge is 2.10. The van der Waals surface area contributed by atoms with E-state index in [0.717, 1.165) is 12.0 Å². The summed E-state index contributed by atoms with van der Waals surface area (Å²) in [7, 11) is 1.67. The average Bonchev–Trinajstić information content (AvgIpc) is 2.73. The number of nitrogens with one attached hydrogen (secondary N) is 1. The van der Waals surface area contributed by atoms with Crippen molar-refractivity contribution in [2.75, 3.05) is 18.9 Å². The molecule has 7 heteroatoms. The number of amides is 1. The molecule has 0 aliphatic carbocycles. The van der Waals surface area contributed by atoms with Gasteiger partial charge in [-0.25, -0.2) is 4.98 Å². The third kappa shape index (κ3) is 5.43. The lowest BCUT2D eigenvalue weighted by atomic mass is 10.2. The summed E-state index contributed by atoms with van der Waals surface area (Å²) in [5.74, 6) is 0.124. The van der Waals surface area contributed by atoms with Crippen molar-refractivity contribution in [2.45, 2.75) is 18.2 Å². The van der Waals surface area contributed by atoms with Crippen molar-refractivity contribution in [1.29, 1.82) is 0 Å². The van der Waals surface area contributed by atoms with Crippen molar-refractivity contribution in [3.8, 4) is 0 Å². The number of nitrogens with zero attached hydrogens (tertiary/aromatic N) is 2. The molecule has 3 rings (SSSR count). The summed E-state index contributed by atoms with van der Waals surface area (Å²) in [6.07, 6.45) is 0.746. The molecule has 146 valence electrons. The smallest absolute Gasteiger partial charge is 0.261 e. The Labute approximate surface area is 167 Å². The van der Waals surface area contributed by atoms with Crippen LogP contribution >= 0.6 is 11.8 Å². The van der Waals surface area contributed by atoms with Crippen molar-refractivity contribution in [2.24, 2.45) is 7.05 Å². The maximum atomic E-state index is 12.4. The number of hydrogen-bond donors (Lipinski definition) is 1. The molecule has 28 heavy (non-hydrogen) atoms. The van der Waals surface area contributed by atoms with Crippen LogP contribution in [0.5, 0.6) is 0 Å². The molecule has 0 aliphatic heterocycles. The number of aromatic nitrogens is 2. The summed E-state index contributed by atoms with van der Waals surface area (Å²) in [6.45, 7) is 1.72. The van der Waals surface area contributed by atoms with Gasteiger partial charge in [-0.2, -0.15) is 0 Å². The Morgan fingerprint density at radius 2 is 1.89 bits per heavy atom. The minimum absolute atomic E-state index is 0.0875. The first-order chi connectivity index (χ1) is 13.6. The second-order valence-corrected chi connectivity index (χ2v) is 7.25. The Bertz CT molecular complexity index is 989. The van der Waals surface area contributed by atoms with Gasteiger partial charge in [0, 0.05) is 20.2 Å². The van der Waals surface area contributed by atoms with E-state index in [2.05, 4.69) is 10.3 Å². The number of hydrogen-bond acceptors (Lipinski definition) is 5. The third-order valence-electron chi connectivity index (χ3n) is 4.17. The monoisotopic (exact) mass is 397 g/mol. The van der Waals surface area contributed by atoms with Crippen LogP contribution in [0.4, 0.5) is 0 Å². The van der Waals surface area contributed by atoms with E-state index >= 15 is 0 Å². The molecule has 0 saturated carbocycles. The highest BCUT2D eigenvalue weighted by Crippen LogP contribution is 2.16. The highest BCUT2D eigenvalue weighted by atomic mass is 32.2. The van der Waals surface area contributed by atoms with Gasteiger partial charge in [-0.15, -0.1) is 0 Å². The fraction of sp³-hybridized carbons (Fsp3) is 0.286. The Morgan fingerprint density at radius 1 is 1.14 bits per heavy atom. The van der Waals surface area contributed by atoms with Crippen LogP contribution < -0.4 is 10.9 Å². The van der Waals surface area contributed by atoms with E-state index in [9.17, 15) is 9.59 Å². The zero-order chi connectivity index (χ0) is 19.8. The molecular formula is C21H23N3O3S. The molecule has 2 aromatic carbocycles. The lowest BCUT2D eigenvalue weighted by molar-refractivity contribution is -0.118. The molecule has 0 saturated heterocycles. The number of para-hydroxylation sites is 1. The first-order valence-corrected chi connectivity index (χ1v) is 10.1. The van der Waals surface area contributed by atoms with Crippen molar-refractivity contribution < 1.29 is 9.53 Å². The van der Waals surface area contributed by atoms with Crippen molar-refractivity contribution >= 4 is 28.6 Å². The molecule has 0 unspecified atom stereocenters. The highest BCUT2D eigenvalue weighted by molar-refractivity contribution is 7.99. The number of ether oxygens (including phenoxy) is 1. The van der Waals surface area contributed by atoms with Gasteiger partial charge in [-0.3, -0.25) is 14.2 Å². The topological polar surface area (TPSA) is 73.2 Å². The molecule has 6 nitrogen and oxygen atoms in total.